The molecule has 1 unspecified atom stereocenters. The Labute approximate surface area is 98.3 Å². The number of phenolic OH excluding ortho intramolecular Hbond substituents is 1. The van der Waals surface area contributed by atoms with E-state index in [4.69, 9.17) is 0 Å². The van der Waals surface area contributed by atoms with Crippen molar-refractivity contribution in [3.05, 3.63) is 28.7 Å². The molecule has 1 fully saturated rings. The number of H-pyrrole nitrogens is 1. The van der Waals surface area contributed by atoms with Crippen molar-refractivity contribution in [2.45, 2.75) is 12.5 Å². The van der Waals surface area contributed by atoms with Crippen LogP contribution in [0.3, 0.4) is 0 Å². The van der Waals surface area contributed by atoms with E-state index in [1.165, 1.54) is 0 Å². The fourth-order valence-electron chi connectivity index (χ4n) is 2.63. The molecule has 90 valence electrons. The van der Waals surface area contributed by atoms with E-state index in [-0.39, 0.29) is 17.5 Å². The van der Waals surface area contributed by atoms with Gasteiger partial charge < -0.3 is 15.0 Å². The lowest BCUT2D eigenvalue weighted by Gasteiger charge is -2.12. The zero-order valence-electron chi connectivity index (χ0n) is 9.68. The first-order valence-electron chi connectivity index (χ1n) is 5.77. The fourth-order valence-corrected chi connectivity index (χ4v) is 2.63. The number of nitrogens with one attached hydrogen (secondary N) is 1. The Balaban J connectivity index is 2.21. The van der Waals surface area contributed by atoms with Crippen molar-refractivity contribution >= 4 is 11.0 Å². The van der Waals surface area contributed by atoms with Gasteiger partial charge in [-0.3, -0.25) is 4.57 Å². The highest BCUT2D eigenvalue weighted by molar-refractivity contribution is 5.81. The summed E-state index contributed by atoms with van der Waals surface area (Å²) in [6.45, 7) is 1.83. The van der Waals surface area contributed by atoms with Crippen LogP contribution in [0, 0.1) is 0 Å². The number of fused-ring (bicyclic) bond motifs is 1. The summed E-state index contributed by atoms with van der Waals surface area (Å²) >= 11 is 0. The molecule has 2 N–H and O–H groups in total. The number of hydrogen-bond acceptors (Lipinski definition) is 3. The number of aromatic amines is 1. The van der Waals surface area contributed by atoms with Crippen molar-refractivity contribution in [1.29, 1.82) is 0 Å². The maximum atomic E-state index is 12.0. The van der Waals surface area contributed by atoms with Crippen LogP contribution in [0.1, 0.15) is 12.5 Å². The first kappa shape index (κ1) is 10.4. The Morgan fingerprint density at radius 1 is 1.47 bits per heavy atom. The number of hydrogen-bond donors (Lipinski definition) is 2. The van der Waals surface area contributed by atoms with Crippen LogP contribution >= 0.6 is 0 Å². The maximum Gasteiger partial charge on any atom is 0.326 e. The van der Waals surface area contributed by atoms with Crippen LogP contribution in [0.2, 0.25) is 0 Å². The Morgan fingerprint density at radius 3 is 3.00 bits per heavy atom. The zero-order chi connectivity index (χ0) is 12.0. The number of aromatic hydroxyl groups is 1. The van der Waals surface area contributed by atoms with Crippen molar-refractivity contribution in [2.75, 3.05) is 20.1 Å². The summed E-state index contributed by atoms with van der Waals surface area (Å²) in [6, 6.07) is 5.31. The van der Waals surface area contributed by atoms with E-state index in [0.717, 1.165) is 19.5 Å². The first-order valence-corrected chi connectivity index (χ1v) is 5.77. The number of para-hydroxylation sites is 1. The van der Waals surface area contributed by atoms with Gasteiger partial charge in [-0.2, -0.15) is 0 Å². The second kappa shape index (κ2) is 3.63. The van der Waals surface area contributed by atoms with Gasteiger partial charge in [-0.25, -0.2) is 4.79 Å². The number of rotatable bonds is 1. The molecule has 0 amide bonds. The lowest BCUT2D eigenvalue weighted by molar-refractivity contribution is 0.391. The molecule has 17 heavy (non-hydrogen) atoms. The van der Waals surface area contributed by atoms with Crippen molar-refractivity contribution in [3.63, 3.8) is 0 Å². The lowest BCUT2D eigenvalue weighted by Crippen LogP contribution is -2.24. The summed E-state index contributed by atoms with van der Waals surface area (Å²) < 4.78 is 1.69. The van der Waals surface area contributed by atoms with E-state index in [1.54, 1.807) is 16.7 Å². The zero-order valence-corrected chi connectivity index (χ0v) is 9.68. The van der Waals surface area contributed by atoms with Crippen LogP contribution in [0.4, 0.5) is 0 Å². The number of aromatic nitrogens is 2. The quantitative estimate of drug-likeness (QED) is 0.769. The minimum Gasteiger partial charge on any atom is -0.506 e. The van der Waals surface area contributed by atoms with Crippen LogP contribution in [0.5, 0.6) is 5.75 Å². The van der Waals surface area contributed by atoms with Crippen LogP contribution < -0.4 is 5.69 Å². The molecule has 5 nitrogen and oxygen atoms in total. The number of nitrogens with zero attached hydrogens (tertiary/aromatic N) is 2. The van der Waals surface area contributed by atoms with E-state index in [2.05, 4.69) is 9.88 Å². The molecular formula is C12H15N3O2. The summed E-state index contributed by atoms with van der Waals surface area (Å²) in [4.78, 5) is 16.9. The smallest absolute Gasteiger partial charge is 0.326 e. The van der Waals surface area contributed by atoms with Crippen molar-refractivity contribution < 1.29 is 5.11 Å². The molecule has 0 bridgehead atoms. The molecule has 0 spiro atoms. The SMILES string of the molecule is CN1CCC(n2c(=O)[nH]c3cccc(O)c32)C1. The van der Waals surface area contributed by atoms with Crippen LogP contribution in [-0.4, -0.2) is 39.7 Å². The van der Waals surface area contributed by atoms with E-state index >= 15 is 0 Å². The summed E-state index contributed by atoms with van der Waals surface area (Å²) in [5.41, 5.74) is 1.18. The second-order valence-electron chi connectivity index (χ2n) is 4.68. The molecule has 1 aliphatic rings. The van der Waals surface area contributed by atoms with E-state index in [9.17, 15) is 9.90 Å². The largest absolute Gasteiger partial charge is 0.506 e. The average Bonchev–Trinajstić information content (AvgIpc) is 2.82. The standard InChI is InChI=1S/C12H15N3O2/c1-14-6-5-8(7-14)15-11-9(13-12(15)17)3-2-4-10(11)16/h2-4,8,16H,5-7H2,1H3,(H,13,17). The summed E-state index contributed by atoms with van der Waals surface area (Å²) in [5.74, 6) is 0.162. The third-order valence-corrected chi connectivity index (χ3v) is 3.45. The molecule has 0 radical (unpaired) electrons. The van der Waals surface area contributed by atoms with Gasteiger partial charge in [0.05, 0.1) is 11.6 Å². The van der Waals surface area contributed by atoms with Gasteiger partial charge in [0, 0.05) is 6.54 Å². The van der Waals surface area contributed by atoms with Gasteiger partial charge in [-0.1, -0.05) is 6.07 Å². The molecule has 0 aliphatic carbocycles. The highest BCUT2D eigenvalue weighted by atomic mass is 16.3. The van der Waals surface area contributed by atoms with Crippen molar-refractivity contribution in [2.24, 2.45) is 0 Å². The Bertz CT molecular complexity index is 614. The minimum absolute atomic E-state index is 0.137. The van der Waals surface area contributed by atoms with Gasteiger partial charge in [0.25, 0.3) is 0 Å². The third kappa shape index (κ3) is 1.54. The fraction of sp³-hybridized carbons (Fsp3) is 0.417. The third-order valence-electron chi connectivity index (χ3n) is 3.45. The Kier molecular flexibility index (Phi) is 2.22. The van der Waals surface area contributed by atoms with Gasteiger partial charge in [0.2, 0.25) is 0 Å². The molecule has 1 saturated heterocycles. The van der Waals surface area contributed by atoms with Gasteiger partial charge in [-0.05, 0) is 32.1 Å². The molecular weight excluding hydrogens is 218 g/mol. The van der Waals surface area contributed by atoms with Gasteiger partial charge in [0.15, 0.2) is 0 Å². The first-order chi connectivity index (χ1) is 8.16. The summed E-state index contributed by atoms with van der Waals surface area (Å²) in [7, 11) is 2.04. The van der Waals surface area contributed by atoms with Crippen LogP contribution in [0.25, 0.3) is 11.0 Å². The number of phenols is 1. The van der Waals surface area contributed by atoms with Crippen molar-refractivity contribution in [1.82, 2.24) is 14.5 Å². The Hall–Kier alpha value is -1.75. The molecule has 1 atom stereocenters. The monoisotopic (exact) mass is 233 g/mol. The lowest BCUT2D eigenvalue weighted by atomic mass is 10.2. The minimum atomic E-state index is -0.137. The number of benzene rings is 1. The van der Waals surface area contributed by atoms with E-state index in [0.29, 0.717) is 11.0 Å². The van der Waals surface area contributed by atoms with E-state index < -0.39 is 0 Å². The van der Waals surface area contributed by atoms with E-state index in [1.807, 2.05) is 13.1 Å². The molecule has 0 saturated carbocycles. The molecule has 1 aliphatic heterocycles. The summed E-state index contributed by atoms with van der Waals surface area (Å²) in [6.07, 6.45) is 0.942. The molecule has 3 rings (SSSR count). The normalized spacial score (nSPS) is 21.4. The number of likely N-dealkylation sites (tertiary alicyclic amines) is 1. The molecule has 1 aromatic carbocycles. The highest BCUT2D eigenvalue weighted by Crippen LogP contribution is 2.28. The number of imidazole rings is 1. The predicted octanol–water partition coefficient (Wildman–Crippen LogP) is 0.912. The Morgan fingerprint density at radius 2 is 2.29 bits per heavy atom. The van der Waals surface area contributed by atoms with Gasteiger partial charge in [0.1, 0.15) is 11.3 Å². The predicted molar refractivity (Wildman–Crippen MR) is 65.4 cm³/mol. The molecule has 1 aromatic heterocycles. The topological polar surface area (TPSA) is 61.3 Å². The molecule has 5 heteroatoms. The van der Waals surface area contributed by atoms with Gasteiger partial charge >= 0.3 is 5.69 Å². The van der Waals surface area contributed by atoms with Crippen LogP contribution in [-0.2, 0) is 0 Å². The van der Waals surface area contributed by atoms with Crippen LogP contribution in [0.15, 0.2) is 23.0 Å². The van der Waals surface area contributed by atoms with Crippen molar-refractivity contribution in [3.8, 4) is 5.75 Å². The summed E-state index contributed by atoms with van der Waals surface area (Å²) in [5, 5.41) is 9.90. The van der Waals surface area contributed by atoms with Gasteiger partial charge in [-0.15, -0.1) is 0 Å². The second-order valence-corrected chi connectivity index (χ2v) is 4.68. The highest BCUT2D eigenvalue weighted by Gasteiger charge is 2.25. The maximum absolute atomic E-state index is 12.0. The molecule has 2 aromatic rings. The number of likely N-dealkylation sites (N-methyl/N-ethyl adjacent to an activating group) is 1. The average molecular weight is 233 g/mol. The molecule has 2 heterocycles.